The molecule has 2 N–H and O–H groups in total. The summed E-state index contributed by atoms with van der Waals surface area (Å²) >= 11 is 0. The molecule has 0 aliphatic rings. The number of nitrogens with zero attached hydrogens (tertiary/aromatic N) is 4. The van der Waals surface area contributed by atoms with Gasteiger partial charge in [-0.1, -0.05) is 25.1 Å². The van der Waals surface area contributed by atoms with Crippen LogP contribution < -0.4 is 10.6 Å². The van der Waals surface area contributed by atoms with Gasteiger partial charge in [-0.3, -0.25) is 0 Å². The standard InChI is InChI=1S/C18H16N6/c1-2-13-6-8-15(9-7-13)22-18-23-17(12-20-24-18)21-16-5-3-4-14(10-16)11-19/h3-10,12H,2H2,1H3,(H2,21,22,23,24). The molecule has 118 valence electrons. The van der Waals surface area contributed by atoms with Crippen LogP contribution in [0.25, 0.3) is 0 Å². The normalized spacial score (nSPS) is 10.0. The maximum atomic E-state index is 8.95. The van der Waals surface area contributed by atoms with E-state index in [-0.39, 0.29) is 0 Å². The molecule has 6 heteroatoms. The highest BCUT2D eigenvalue weighted by Gasteiger charge is 2.03. The fourth-order valence-electron chi connectivity index (χ4n) is 2.18. The number of rotatable bonds is 5. The van der Waals surface area contributed by atoms with Crippen molar-refractivity contribution in [1.29, 1.82) is 5.26 Å². The van der Waals surface area contributed by atoms with Gasteiger partial charge in [0.1, 0.15) is 0 Å². The lowest BCUT2D eigenvalue weighted by atomic mass is 10.1. The van der Waals surface area contributed by atoms with Crippen molar-refractivity contribution in [3.8, 4) is 6.07 Å². The molecular formula is C18H16N6. The minimum absolute atomic E-state index is 0.403. The Morgan fingerprint density at radius 2 is 1.88 bits per heavy atom. The monoisotopic (exact) mass is 316 g/mol. The maximum absolute atomic E-state index is 8.95. The van der Waals surface area contributed by atoms with Gasteiger partial charge in [0.2, 0.25) is 5.95 Å². The molecule has 0 fully saturated rings. The van der Waals surface area contributed by atoms with Gasteiger partial charge in [0.25, 0.3) is 0 Å². The van der Waals surface area contributed by atoms with Gasteiger partial charge in [-0.15, -0.1) is 5.10 Å². The predicted octanol–water partition coefficient (Wildman–Crippen LogP) is 3.79. The van der Waals surface area contributed by atoms with E-state index in [1.54, 1.807) is 12.1 Å². The minimum Gasteiger partial charge on any atom is -0.339 e. The van der Waals surface area contributed by atoms with Crippen molar-refractivity contribution in [3.63, 3.8) is 0 Å². The summed E-state index contributed by atoms with van der Waals surface area (Å²) in [5.74, 6) is 0.952. The van der Waals surface area contributed by atoms with Gasteiger partial charge in [-0.05, 0) is 42.3 Å². The molecule has 0 amide bonds. The first-order valence-electron chi connectivity index (χ1n) is 7.59. The summed E-state index contributed by atoms with van der Waals surface area (Å²) in [7, 11) is 0. The summed E-state index contributed by atoms with van der Waals surface area (Å²) in [4.78, 5) is 4.38. The van der Waals surface area contributed by atoms with Crippen LogP contribution in [-0.4, -0.2) is 15.2 Å². The SMILES string of the molecule is CCc1ccc(Nc2nncc(Nc3cccc(C#N)c3)n2)cc1. The van der Waals surface area contributed by atoms with E-state index in [9.17, 15) is 0 Å². The molecule has 0 saturated carbocycles. The first-order chi connectivity index (χ1) is 11.8. The Kier molecular flexibility index (Phi) is 4.63. The molecule has 0 aliphatic carbocycles. The van der Waals surface area contributed by atoms with Crippen LogP contribution in [0.5, 0.6) is 0 Å². The van der Waals surface area contributed by atoms with Crippen LogP contribution in [0, 0.1) is 11.3 Å². The van der Waals surface area contributed by atoms with E-state index in [1.165, 1.54) is 11.8 Å². The van der Waals surface area contributed by atoms with Crippen molar-refractivity contribution >= 4 is 23.1 Å². The van der Waals surface area contributed by atoms with Crippen molar-refractivity contribution in [2.75, 3.05) is 10.6 Å². The summed E-state index contributed by atoms with van der Waals surface area (Å²) in [6.45, 7) is 2.12. The molecule has 3 rings (SSSR count). The third-order valence-electron chi connectivity index (χ3n) is 3.44. The Labute approximate surface area is 140 Å². The van der Waals surface area contributed by atoms with Gasteiger partial charge in [0.15, 0.2) is 5.82 Å². The van der Waals surface area contributed by atoms with Crippen LogP contribution >= 0.6 is 0 Å². The topological polar surface area (TPSA) is 86.5 Å². The van der Waals surface area contributed by atoms with Gasteiger partial charge in [0.05, 0.1) is 17.8 Å². The summed E-state index contributed by atoms with van der Waals surface area (Å²) in [5.41, 5.74) is 3.52. The number of nitriles is 1. The second kappa shape index (κ2) is 7.20. The molecule has 1 aromatic heterocycles. The highest BCUT2D eigenvalue weighted by molar-refractivity contribution is 5.60. The zero-order valence-electron chi connectivity index (χ0n) is 13.2. The molecule has 3 aromatic rings. The molecule has 1 heterocycles. The van der Waals surface area contributed by atoms with E-state index in [1.807, 2.05) is 24.3 Å². The van der Waals surface area contributed by atoms with Crippen molar-refractivity contribution in [1.82, 2.24) is 15.2 Å². The molecular weight excluding hydrogens is 300 g/mol. The van der Waals surface area contributed by atoms with E-state index in [0.717, 1.165) is 17.8 Å². The molecule has 0 radical (unpaired) electrons. The second-order valence-corrected chi connectivity index (χ2v) is 5.16. The molecule has 0 aliphatic heterocycles. The molecule has 0 atom stereocenters. The average Bonchev–Trinajstić information content (AvgIpc) is 2.63. The lowest BCUT2D eigenvalue weighted by Gasteiger charge is -2.08. The molecule has 2 aromatic carbocycles. The van der Waals surface area contributed by atoms with Gasteiger partial charge in [-0.25, -0.2) is 0 Å². The van der Waals surface area contributed by atoms with Crippen molar-refractivity contribution in [2.45, 2.75) is 13.3 Å². The van der Waals surface area contributed by atoms with Crippen LogP contribution in [0.1, 0.15) is 18.1 Å². The van der Waals surface area contributed by atoms with Crippen molar-refractivity contribution < 1.29 is 0 Å². The molecule has 0 saturated heterocycles. The Balaban J connectivity index is 1.74. The van der Waals surface area contributed by atoms with E-state index >= 15 is 0 Å². The Morgan fingerprint density at radius 1 is 1.04 bits per heavy atom. The number of aromatic nitrogens is 3. The first-order valence-corrected chi connectivity index (χ1v) is 7.59. The Bertz CT molecular complexity index is 867. The average molecular weight is 316 g/mol. The van der Waals surface area contributed by atoms with Crippen LogP contribution in [0.2, 0.25) is 0 Å². The van der Waals surface area contributed by atoms with E-state index < -0.39 is 0 Å². The van der Waals surface area contributed by atoms with Gasteiger partial charge < -0.3 is 10.6 Å². The van der Waals surface area contributed by atoms with Crippen LogP contribution in [-0.2, 0) is 6.42 Å². The third-order valence-corrected chi connectivity index (χ3v) is 3.44. The maximum Gasteiger partial charge on any atom is 0.249 e. The highest BCUT2D eigenvalue weighted by atomic mass is 15.3. The lowest BCUT2D eigenvalue weighted by Crippen LogP contribution is -2.02. The van der Waals surface area contributed by atoms with Crippen molar-refractivity contribution in [3.05, 3.63) is 65.9 Å². The minimum atomic E-state index is 0.403. The summed E-state index contributed by atoms with van der Waals surface area (Å²) < 4.78 is 0. The van der Waals surface area contributed by atoms with Crippen LogP contribution in [0.4, 0.5) is 23.1 Å². The highest BCUT2D eigenvalue weighted by Crippen LogP contribution is 2.18. The molecule has 0 unspecified atom stereocenters. The Morgan fingerprint density at radius 3 is 2.62 bits per heavy atom. The number of nitrogens with one attached hydrogen (secondary N) is 2. The zero-order chi connectivity index (χ0) is 16.8. The number of aryl methyl sites for hydroxylation is 1. The zero-order valence-corrected chi connectivity index (χ0v) is 13.2. The quantitative estimate of drug-likeness (QED) is 0.744. The van der Waals surface area contributed by atoms with E-state index in [2.05, 4.69) is 50.9 Å². The lowest BCUT2D eigenvalue weighted by molar-refractivity contribution is 0.982. The summed E-state index contributed by atoms with van der Waals surface area (Å²) in [6, 6.07) is 17.4. The van der Waals surface area contributed by atoms with E-state index in [4.69, 9.17) is 5.26 Å². The number of hydrogen-bond donors (Lipinski definition) is 2. The first kappa shape index (κ1) is 15.4. The van der Waals surface area contributed by atoms with Gasteiger partial charge in [-0.2, -0.15) is 15.3 Å². The fraction of sp³-hybridized carbons (Fsp3) is 0.111. The Hall–Kier alpha value is -3.46. The largest absolute Gasteiger partial charge is 0.339 e. The molecule has 0 bridgehead atoms. The number of benzene rings is 2. The fourth-order valence-corrected chi connectivity index (χ4v) is 2.18. The van der Waals surface area contributed by atoms with Crippen LogP contribution in [0.15, 0.2) is 54.7 Å². The van der Waals surface area contributed by atoms with Crippen LogP contribution in [0.3, 0.4) is 0 Å². The molecule has 24 heavy (non-hydrogen) atoms. The third kappa shape index (κ3) is 3.84. The predicted molar refractivity (Wildman–Crippen MR) is 93.4 cm³/mol. The van der Waals surface area contributed by atoms with Gasteiger partial charge in [0, 0.05) is 11.4 Å². The molecule has 0 spiro atoms. The van der Waals surface area contributed by atoms with Crippen molar-refractivity contribution in [2.24, 2.45) is 0 Å². The molecule has 6 nitrogen and oxygen atoms in total. The smallest absolute Gasteiger partial charge is 0.249 e. The number of anilines is 4. The van der Waals surface area contributed by atoms with E-state index in [0.29, 0.717) is 17.3 Å². The summed E-state index contributed by atoms with van der Waals surface area (Å²) in [5, 5.41) is 23.1. The van der Waals surface area contributed by atoms with Gasteiger partial charge >= 0.3 is 0 Å². The second-order valence-electron chi connectivity index (χ2n) is 5.16. The summed E-state index contributed by atoms with van der Waals surface area (Å²) in [6.07, 6.45) is 2.53. The number of hydrogen-bond acceptors (Lipinski definition) is 6.